The number of quaternary nitrogens is 1. The Bertz CT molecular complexity index is 1450. The van der Waals surface area contributed by atoms with E-state index in [0.717, 1.165) is 0 Å². The maximum atomic E-state index is 12.9. The van der Waals surface area contributed by atoms with Gasteiger partial charge in [-0.3, -0.25) is 4.72 Å². The predicted molar refractivity (Wildman–Crippen MR) is 121 cm³/mol. The summed E-state index contributed by atoms with van der Waals surface area (Å²) in [5.74, 6) is -1.17. The molecule has 12 heteroatoms. The fourth-order valence-corrected chi connectivity index (χ4v) is 4.00. The van der Waals surface area contributed by atoms with Gasteiger partial charge in [0.2, 0.25) is 0 Å². The van der Waals surface area contributed by atoms with Crippen LogP contribution in [-0.2, 0) is 10.0 Å². The molecule has 11 nitrogen and oxygen atoms in total. The second kappa shape index (κ2) is 8.80. The lowest BCUT2D eigenvalue weighted by atomic mass is 10.2. The second-order valence-corrected chi connectivity index (χ2v) is 8.54. The number of nitrogens with one attached hydrogen (secondary N) is 3. The summed E-state index contributed by atoms with van der Waals surface area (Å²) in [4.78, 5) is 19.9. The molecule has 0 aliphatic carbocycles. The lowest BCUT2D eigenvalue weighted by molar-refractivity contribution is -0.991. The highest BCUT2D eigenvalue weighted by molar-refractivity contribution is 7.92. The van der Waals surface area contributed by atoms with E-state index < -0.39 is 21.2 Å². The summed E-state index contributed by atoms with van der Waals surface area (Å²) in [5, 5.41) is 31.0. The number of carboxylic acids is 1. The van der Waals surface area contributed by atoms with E-state index in [4.69, 9.17) is 5.21 Å². The molecular formula is C21H19N5O6S. The Kier molecular flexibility index (Phi) is 5.89. The first-order valence-corrected chi connectivity index (χ1v) is 10.9. The Morgan fingerprint density at radius 3 is 2.18 bits per heavy atom. The molecule has 4 aromatic rings. The van der Waals surface area contributed by atoms with E-state index >= 15 is 0 Å². The summed E-state index contributed by atoms with van der Waals surface area (Å²) in [6.45, 7) is 0. The normalized spacial score (nSPS) is 12.3. The molecule has 0 aliphatic heterocycles. The van der Waals surface area contributed by atoms with E-state index in [9.17, 15) is 23.5 Å². The number of carboxylic acid groups (broad SMARTS) is 1. The van der Waals surface area contributed by atoms with Gasteiger partial charge in [-0.2, -0.15) is 5.23 Å². The number of rotatable bonds is 7. The Morgan fingerprint density at radius 1 is 0.939 bits per heavy atom. The van der Waals surface area contributed by atoms with Crippen LogP contribution in [0.1, 0.15) is 11.8 Å². The number of hydrogen-bond donors (Lipinski definition) is 5. The third-order valence-electron chi connectivity index (χ3n) is 4.59. The highest BCUT2D eigenvalue weighted by atomic mass is 32.2. The van der Waals surface area contributed by atoms with Crippen LogP contribution in [0.15, 0.2) is 77.7 Å². The Morgan fingerprint density at radius 2 is 1.58 bits per heavy atom. The third-order valence-corrected chi connectivity index (χ3v) is 5.94. The topological polar surface area (TPSA) is 169 Å². The molecule has 0 aliphatic rings. The summed E-state index contributed by atoms with van der Waals surface area (Å²) in [6, 6.07) is 17.5. The molecule has 5 N–H and O–H groups in total. The molecule has 170 valence electrons. The third kappa shape index (κ3) is 4.88. The van der Waals surface area contributed by atoms with Crippen molar-refractivity contribution in [3.05, 3.63) is 83.6 Å². The number of aromatic nitrogens is 2. The van der Waals surface area contributed by atoms with E-state index in [0.29, 0.717) is 16.7 Å². The van der Waals surface area contributed by atoms with Crippen molar-refractivity contribution in [2.75, 3.05) is 10.0 Å². The molecule has 0 fully saturated rings. The summed E-state index contributed by atoms with van der Waals surface area (Å²) < 4.78 is 28.2. The molecule has 0 saturated carbocycles. The highest BCUT2D eigenvalue weighted by Crippen LogP contribution is 2.27. The smallest absolute Gasteiger partial charge is 0.335 e. The minimum absolute atomic E-state index is 0. The van der Waals surface area contributed by atoms with Crippen LogP contribution in [0.25, 0.3) is 11.0 Å². The molecule has 0 spiro atoms. The zero-order chi connectivity index (χ0) is 23.6. The van der Waals surface area contributed by atoms with E-state index in [2.05, 4.69) is 20.0 Å². The average Bonchev–Trinajstić information content (AvgIpc) is 2.79. The van der Waals surface area contributed by atoms with Gasteiger partial charge < -0.3 is 15.6 Å². The fraction of sp³-hybridized carbons (Fsp3) is 0. The van der Waals surface area contributed by atoms with E-state index in [1.165, 1.54) is 42.5 Å². The molecule has 3 aromatic carbocycles. The van der Waals surface area contributed by atoms with Crippen molar-refractivity contribution in [1.82, 2.24) is 9.97 Å². The van der Waals surface area contributed by atoms with Crippen LogP contribution in [0.4, 0.5) is 23.0 Å². The average molecular weight is 469 g/mol. The number of sulfonamides is 1. The molecule has 1 aromatic heterocycles. The van der Waals surface area contributed by atoms with E-state index in [1.54, 1.807) is 30.3 Å². The van der Waals surface area contributed by atoms with E-state index in [1.807, 2.05) is 0 Å². The van der Waals surface area contributed by atoms with Gasteiger partial charge >= 0.3 is 5.97 Å². The van der Waals surface area contributed by atoms with Crippen molar-refractivity contribution in [2.24, 2.45) is 0 Å². The Hall–Kier alpha value is -4.10. The largest absolute Gasteiger partial charge is 0.595 e. The van der Waals surface area contributed by atoms with Crippen molar-refractivity contribution in [2.45, 2.75) is 4.90 Å². The molecule has 0 radical (unpaired) electrons. The maximum Gasteiger partial charge on any atom is 0.335 e. The van der Waals surface area contributed by atoms with Crippen molar-refractivity contribution >= 4 is 50.0 Å². The molecule has 1 heterocycles. The highest BCUT2D eigenvalue weighted by Gasteiger charge is 2.20. The van der Waals surface area contributed by atoms with Gasteiger partial charge in [0.25, 0.3) is 10.0 Å². The van der Waals surface area contributed by atoms with Gasteiger partial charge in [0.05, 0.1) is 21.5 Å². The van der Waals surface area contributed by atoms with Gasteiger partial charge in [0.1, 0.15) is 0 Å². The molecule has 4 rings (SSSR count). The van der Waals surface area contributed by atoms with Crippen LogP contribution in [0, 0.1) is 5.21 Å². The first-order chi connectivity index (χ1) is 15.7. The zero-order valence-corrected chi connectivity index (χ0v) is 17.6. The molecule has 1 atom stereocenters. The minimum atomic E-state index is -4.14. The Balaban J connectivity index is 0.00000324. The number of aromatic carboxylic acids is 1. The van der Waals surface area contributed by atoms with Crippen LogP contribution in [0.5, 0.6) is 0 Å². The van der Waals surface area contributed by atoms with Crippen LogP contribution in [0.2, 0.25) is 0 Å². The number of para-hydroxylation sites is 2. The lowest BCUT2D eigenvalue weighted by Gasteiger charge is -2.15. The summed E-state index contributed by atoms with van der Waals surface area (Å²) in [5.41, 5.74) is 1.27. The first kappa shape index (κ1) is 22.1. The van der Waals surface area contributed by atoms with Gasteiger partial charge in [0, 0.05) is 19.2 Å². The maximum absolute atomic E-state index is 12.9. The fourth-order valence-electron chi connectivity index (χ4n) is 2.99. The summed E-state index contributed by atoms with van der Waals surface area (Å²) in [7, 11) is -4.14. The van der Waals surface area contributed by atoms with Crippen molar-refractivity contribution < 1.29 is 30.2 Å². The summed E-state index contributed by atoms with van der Waals surface area (Å²) in [6.07, 6.45) is 0. The monoisotopic (exact) mass is 469 g/mol. The van der Waals surface area contributed by atoms with Crippen LogP contribution < -0.4 is 15.3 Å². The number of fused-ring (bicyclic) bond motifs is 1. The van der Waals surface area contributed by atoms with Gasteiger partial charge in [-0.25, -0.2) is 28.4 Å². The lowest BCUT2D eigenvalue weighted by Crippen LogP contribution is -2.99. The Labute approximate surface area is 189 Å². The zero-order valence-electron chi connectivity index (χ0n) is 16.8. The predicted octanol–water partition coefficient (Wildman–Crippen LogP) is 2.52. The van der Waals surface area contributed by atoms with E-state index in [-0.39, 0.29) is 29.2 Å². The molecular weight excluding hydrogens is 450 g/mol. The molecule has 0 amide bonds. The quantitative estimate of drug-likeness (QED) is 0.255. The van der Waals surface area contributed by atoms with Gasteiger partial charge in [-0.1, -0.05) is 18.2 Å². The van der Waals surface area contributed by atoms with Gasteiger partial charge in [-0.15, -0.1) is 0 Å². The standard InChI is InChI=1S/C21H17N5O6S.H2/c27-21(28)13-4-3-5-14(12-13)22-19-20(24-18-7-2-1-6-17(18)23-19)25-33(31,32)16-10-8-15(9-11-16)26(29)30;/h1-12,26,29H,(H,22,23)(H,24,25)(H,27,28);1H. The van der Waals surface area contributed by atoms with Gasteiger partial charge in [-0.05, 0) is 42.5 Å². The van der Waals surface area contributed by atoms with Crippen LogP contribution in [-0.4, -0.2) is 34.7 Å². The number of hydrogen-bond acceptors (Lipinski definition) is 8. The second-order valence-electron chi connectivity index (χ2n) is 6.86. The molecule has 33 heavy (non-hydrogen) atoms. The number of benzene rings is 3. The SMILES string of the molecule is O=C(O)c1cccc(Nc2nc3ccccc3nc2NS(=O)(=O)c2ccc([NH+]([O-])O)cc2)c1.[HH]. The summed E-state index contributed by atoms with van der Waals surface area (Å²) >= 11 is 0. The number of carbonyl (C=O) groups is 1. The van der Waals surface area contributed by atoms with Crippen molar-refractivity contribution in [1.29, 1.82) is 0 Å². The minimum Gasteiger partial charge on any atom is -0.595 e. The van der Waals surface area contributed by atoms with Crippen molar-refractivity contribution in [3.8, 4) is 0 Å². The number of anilines is 3. The molecule has 0 saturated heterocycles. The first-order valence-electron chi connectivity index (χ1n) is 9.46. The molecule has 1 unspecified atom stereocenters. The van der Waals surface area contributed by atoms with Crippen LogP contribution in [0.3, 0.4) is 0 Å². The van der Waals surface area contributed by atoms with Gasteiger partial charge in [0.15, 0.2) is 17.3 Å². The number of nitrogens with zero attached hydrogens (tertiary/aromatic N) is 2. The van der Waals surface area contributed by atoms with Crippen LogP contribution >= 0.6 is 0 Å². The van der Waals surface area contributed by atoms with Crippen molar-refractivity contribution in [3.63, 3.8) is 0 Å². The molecule has 0 bridgehead atoms.